The topological polar surface area (TPSA) is 381 Å². The zero-order valence-corrected chi connectivity index (χ0v) is 57.8. The molecule has 5 aliphatic rings. The standard InChI is InChI=1S/C64H83Cl3N2O29/c1-12-13-20-25-81-57-43(68-30(2)70)45(77)46(39(91-57)27-83-55(78)37-21-16-14-17-22-37)95-59-54(90-36(8)76)52(49(87-33(5)73)42(94-59)29-85-62(80)63(9,10)11)98-58-44(69-61(79)64(65,66)67)50(47-41(92-58)28-84-56(96-47)38-23-18-15-19-24-38)97-60-53(89-35(7)75)51(88-34(6)74)48(86-32(4)72)40(93-60)26-82-31(3)71/h14-19,21-24,39-54,56-60,77H,12-13,20,25-29H2,1-11H3,(H,68,70)(H,69,79)/t39-,40-,41-,42-,43-,44-,45-,46-,47-,48+,49+,50-,51+,52+,53-,54-,56?,57-,58+,59+,60+/m1/s1. The summed E-state index contributed by atoms with van der Waals surface area (Å²) >= 11 is 19.0. The number of halogens is 3. The van der Waals surface area contributed by atoms with Crippen molar-refractivity contribution in [1.29, 1.82) is 0 Å². The van der Waals surface area contributed by atoms with Gasteiger partial charge in [0.05, 0.1) is 17.6 Å². The highest BCUT2D eigenvalue weighted by molar-refractivity contribution is 6.76. The van der Waals surface area contributed by atoms with Crippen LogP contribution in [0.1, 0.15) is 118 Å². The zero-order valence-electron chi connectivity index (χ0n) is 55.6. The first kappa shape index (κ1) is 78.9. The highest BCUT2D eigenvalue weighted by Gasteiger charge is 2.62. The molecular formula is C64H83Cl3N2O29. The fraction of sp³-hybridized carbons (Fsp3) is 0.656. The molecule has 0 aliphatic carbocycles. The number of aliphatic hydroxyl groups is 1. The number of ether oxygens (including phenoxy) is 18. The summed E-state index contributed by atoms with van der Waals surface area (Å²) in [7, 11) is 0. The molecule has 5 saturated heterocycles. The van der Waals surface area contributed by atoms with Gasteiger partial charge in [0.25, 0.3) is 9.70 Å². The van der Waals surface area contributed by atoms with Gasteiger partial charge in [0.2, 0.25) is 5.91 Å². The molecule has 31 nitrogen and oxygen atoms in total. The van der Waals surface area contributed by atoms with E-state index >= 15 is 0 Å². The summed E-state index contributed by atoms with van der Waals surface area (Å²) < 4.78 is 109. The second-order valence-corrected chi connectivity index (χ2v) is 26.7. The van der Waals surface area contributed by atoms with Gasteiger partial charge in [-0.1, -0.05) is 103 Å². The van der Waals surface area contributed by atoms with Crippen LogP contribution in [0.3, 0.4) is 0 Å². The Morgan fingerprint density at radius 2 is 1.01 bits per heavy atom. The molecule has 1 unspecified atom stereocenters. The van der Waals surface area contributed by atoms with Crippen LogP contribution in [0.25, 0.3) is 0 Å². The first-order valence-electron chi connectivity index (χ1n) is 31.5. The molecule has 34 heteroatoms. The van der Waals surface area contributed by atoms with E-state index in [9.17, 15) is 53.1 Å². The molecule has 0 aromatic heterocycles. The number of aliphatic hydroxyl groups excluding tert-OH is 1. The van der Waals surface area contributed by atoms with Gasteiger partial charge in [-0.3, -0.25) is 43.2 Å². The summed E-state index contributed by atoms with van der Waals surface area (Å²) in [5.74, 6) is -9.73. The van der Waals surface area contributed by atoms with E-state index in [1.807, 2.05) is 6.92 Å². The third kappa shape index (κ3) is 21.8. The summed E-state index contributed by atoms with van der Waals surface area (Å²) in [4.78, 5) is 134. The van der Waals surface area contributed by atoms with Crippen molar-refractivity contribution in [2.75, 3.05) is 33.0 Å². The van der Waals surface area contributed by atoms with Crippen molar-refractivity contribution in [3.63, 3.8) is 0 Å². The van der Waals surface area contributed by atoms with E-state index in [1.54, 1.807) is 48.5 Å². The van der Waals surface area contributed by atoms with E-state index in [1.165, 1.54) is 32.9 Å². The number of nitrogens with one attached hydrogen (secondary N) is 2. The molecule has 7 rings (SSSR count). The third-order valence-corrected chi connectivity index (χ3v) is 16.0. The number of fused-ring (bicyclic) bond motifs is 1. The highest BCUT2D eigenvalue weighted by atomic mass is 35.6. The lowest BCUT2D eigenvalue weighted by Crippen LogP contribution is -2.72. The van der Waals surface area contributed by atoms with Crippen molar-refractivity contribution in [2.45, 2.75) is 228 Å². The third-order valence-electron chi connectivity index (χ3n) is 15.4. The minimum atomic E-state index is -2.85. The van der Waals surface area contributed by atoms with Crippen molar-refractivity contribution in [2.24, 2.45) is 5.41 Å². The molecule has 0 radical (unpaired) electrons. The predicted molar refractivity (Wildman–Crippen MR) is 332 cm³/mol. The molecule has 5 heterocycles. The van der Waals surface area contributed by atoms with Crippen molar-refractivity contribution in [3.05, 3.63) is 71.8 Å². The van der Waals surface area contributed by atoms with Crippen molar-refractivity contribution < 1.29 is 138 Å². The Balaban J connectivity index is 1.42. The summed E-state index contributed by atoms with van der Waals surface area (Å²) in [6.07, 6.45) is -32.0. The number of amides is 2. The SMILES string of the molecule is CCCCCO[C@@H]1O[C@H](COC(=O)c2ccccc2)[C@@H](O[C@@H]2O[C@H](COC(=O)C(C)(C)C)[C@H](OC(C)=O)[C@H](O[C@@H]3O[C@@H]4COC(c5ccccc5)O[C@H]4[C@H](O[C@@H]4O[C@H](COC(C)=O)[C@H](OC(C)=O)[C@H](OC(C)=O)[C@H]4OC(C)=O)[C@H]3NC(=O)C(Cl)(Cl)Cl)[C@H]2OC(C)=O)[C@H](O)[C@H]1NC(C)=O. The van der Waals surface area contributed by atoms with Crippen LogP contribution in [-0.4, -0.2) is 224 Å². The Kier molecular flexibility index (Phi) is 28.8. The van der Waals surface area contributed by atoms with Crippen molar-refractivity contribution >= 4 is 94.4 Å². The molecule has 5 aliphatic heterocycles. The Hall–Kier alpha value is -6.43. The van der Waals surface area contributed by atoms with Gasteiger partial charge in [0.15, 0.2) is 62.0 Å². The number of hydrogen-bond donors (Lipinski definition) is 3. The fourth-order valence-electron chi connectivity index (χ4n) is 11.2. The summed E-state index contributed by atoms with van der Waals surface area (Å²) in [6, 6.07) is 12.7. The summed E-state index contributed by atoms with van der Waals surface area (Å²) in [5.41, 5.74) is -0.637. The lowest BCUT2D eigenvalue weighted by molar-refractivity contribution is -0.396. The predicted octanol–water partition coefficient (Wildman–Crippen LogP) is 3.75. The molecule has 2 aromatic carbocycles. The molecule has 2 aromatic rings. The van der Waals surface area contributed by atoms with Gasteiger partial charge >= 0.3 is 47.8 Å². The quantitative estimate of drug-likeness (QED) is 0.0522. The molecule has 5 fully saturated rings. The lowest BCUT2D eigenvalue weighted by Gasteiger charge is -2.53. The Morgan fingerprint density at radius 1 is 0.520 bits per heavy atom. The molecule has 98 heavy (non-hydrogen) atoms. The average Bonchev–Trinajstić information content (AvgIpc) is 0.755. The number of rotatable bonds is 26. The number of benzene rings is 2. The second-order valence-electron chi connectivity index (χ2n) is 24.4. The number of unbranched alkanes of at least 4 members (excludes halogenated alkanes) is 2. The average molecular weight is 1450 g/mol. The van der Waals surface area contributed by atoms with E-state index in [2.05, 4.69) is 10.6 Å². The number of carbonyl (C=O) groups is 10. The van der Waals surface area contributed by atoms with Crippen LogP contribution in [0.4, 0.5) is 0 Å². The monoisotopic (exact) mass is 1450 g/mol. The van der Waals surface area contributed by atoms with Gasteiger partial charge in [0, 0.05) is 60.6 Å². The largest absolute Gasteiger partial charge is 0.463 e. The van der Waals surface area contributed by atoms with E-state index in [4.69, 9.17) is 120 Å². The van der Waals surface area contributed by atoms with Crippen LogP contribution in [0.15, 0.2) is 60.7 Å². The minimum Gasteiger partial charge on any atom is -0.463 e. The van der Waals surface area contributed by atoms with Crippen LogP contribution in [0.2, 0.25) is 0 Å². The smallest absolute Gasteiger partial charge is 0.338 e. The van der Waals surface area contributed by atoms with Crippen LogP contribution in [0.5, 0.6) is 0 Å². The summed E-state index contributed by atoms with van der Waals surface area (Å²) in [6.45, 7) is 11.1. The van der Waals surface area contributed by atoms with Crippen LogP contribution < -0.4 is 10.6 Å². The van der Waals surface area contributed by atoms with Gasteiger partial charge in [-0.25, -0.2) is 4.79 Å². The van der Waals surface area contributed by atoms with Gasteiger partial charge in [0.1, 0.15) is 86.8 Å². The fourth-order valence-corrected chi connectivity index (χ4v) is 11.4. The molecule has 0 bridgehead atoms. The second kappa shape index (κ2) is 35.7. The molecule has 2 amide bonds. The molecule has 544 valence electrons. The molecule has 0 saturated carbocycles. The van der Waals surface area contributed by atoms with Gasteiger partial charge in [-0.2, -0.15) is 0 Å². The Bertz CT molecular complexity index is 3070. The van der Waals surface area contributed by atoms with Crippen molar-refractivity contribution in [1.82, 2.24) is 10.6 Å². The maximum atomic E-state index is 14.5. The van der Waals surface area contributed by atoms with Crippen LogP contribution in [-0.2, 0) is 128 Å². The zero-order chi connectivity index (χ0) is 71.9. The molecule has 0 spiro atoms. The summed E-state index contributed by atoms with van der Waals surface area (Å²) in [5, 5.41) is 17.8. The lowest BCUT2D eigenvalue weighted by atomic mass is 9.93. The number of esters is 8. The van der Waals surface area contributed by atoms with Gasteiger partial charge in [-0.15, -0.1) is 0 Å². The van der Waals surface area contributed by atoms with Crippen molar-refractivity contribution in [3.8, 4) is 0 Å². The van der Waals surface area contributed by atoms with Crippen LogP contribution >= 0.6 is 34.8 Å². The van der Waals surface area contributed by atoms with Gasteiger partial charge < -0.3 is 101 Å². The number of hydrogen-bond acceptors (Lipinski definition) is 29. The number of carbonyl (C=O) groups excluding carboxylic acids is 10. The first-order valence-corrected chi connectivity index (χ1v) is 32.6. The maximum absolute atomic E-state index is 14.5. The maximum Gasteiger partial charge on any atom is 0.338 e. The first-order chi connectivity index (χ1) is 46.2. The van der Waals surface area contributed by atoms with E-state index in [-0.39, 0.29) is 12.2 Å². The molecular weight excluding hydrogens is 1370 g/mol. The van der Waals surface area contributed by atoms with Crippen LogP contribution in [0, 0.1) is 5.41 Å². The Labute approximate surface area is 579 Å². The minimum absolute atomic E-state index is 0.0727. The highest BCUT2D eigenvalue weighted by Crippen LogP contribution is 2.42. The van der Waals surface area contributed by atoms with E-state index in [0.29, 0.717) is 12.0 Å². The number of alkyl halides is 3. The van der Waals surface area contributed by atoms with E-state index < -0.39 is 224 Å². The molecule has 21 atom stereocenters. The van der Waals surface area contributed by atoms with Gasteiger partial charge in [-0.05, 0) is 39.3 Å². The van der Waals surface area contributed by atoms with E-state index in [0.717, 1.165) is 61.3 Å². The normalized spacial score (nSPS) is 31.7. The Morgan fingerprint density at radius 3 is 1.55 bits per heavy atom. The molecule has 3 N–H and O–H groups in total.